The van der Waals surface area contributed by atoms with Crippen molar-refractivity contribution < 1.29 is 4.74 Å². The Morgan fingerprint density at radius 1 is 1.00 bits per heavy atom. The van der Waals surface area contributed by atoms with Crippen LogP contribution >= 0.6 is 0 Å². The van der Waals surface area contributed by atoms with E-state index in [1.54, 1.807) is 7.11 Å². The first-order valence-electron chi connectivity index (χ1n) is 6.08. The van der Waals surface area contributed by atoms with Crippen LogP contribution in [-0.2, 0) is 6.42 Å². The molecule has 0 aliphatic carbocycles. The van der Waals surface area contributed by atoms with E-state index in [0.717, 1.165) is 17.9 Å². The van der Waals surface area contributed by atoms with Crippen molar-refractivity contribution in [1.29, 1.82) is 0 Å². The van der Waals surface area contributed by atoms with Crippen molar-refractivity contribution in [2.45, 2.75) is 20.3 Å². The number of ether oxygens (including phenoxy) is 1. The Labute approximate surface area is 108 Å². The van der Waals surface area contributed by atoms with Gasteiger partial charge in [-0.1, -0.05) is 18.2 Å². The van der Waals surface area contributed by atoms with E-state index >= 15 is 0 Å². The Morgan fingerprint density at radius 3 is 2.28 bits per heavy atom. The quantitative estimate of drug-likeness (QED) is 0.835. The molecule has 0 saturated heterocycles. The van der Waals surface area contributed by atoms with Crippen LogP contribution in [0.25, 0.3) is 0 Å². The van der Waals surface area contributed by atoms with Gasteiger partial charge in [-0.3, -0.25) is 0 Å². The van der Waals surface area contributed by atoms with Crippen LogP contribution in [0.3, 0.4) is 0 Å². The highest BCUT2D eigenvalue weighted by Crippen LogP contribution is 2.24. The zero-order chi connectivity index (χ0) is 13.1. The maximum atomic E-state index is 5.70. The first-order chi connectivity index (χ1) is 8.60. The molecule has 2 aromatic carbocycles. The lowest BCUT2D eigenvalue weighted by molar-refractivity contribution is 0.411. The molecule has 0 bridgehead atoms. The van der Waals surface area contributed by atoms with Crippen molar-refractivity contribution in [3.8, 4) is 5.75 Å². The lowest BCUT2D eigenvalue weighted by Crippen LogP contribution is -1.96. The molecule has 0 fully saturated rings. The molecule has 0 aromatic heterocycles. The Morgan fingerprint density at radius 2 is 1.67 bits per heavy atom. The number of aryl methyl sites for hydroxylation is 2. The van der Waals surface area contributed by atoms with Gasteiger partial charge in [0, 0.05) is 5.69 Å². The molecular formula is C16H19NO. The molecule has 2 N–H and O–H groups in total. The minimum absolute atomic E-state index is 0.807. The molecule has 0 heterocycles. The number of anilines is 1. The molecule has 0 unspecified atom stereocenters. The minimum atomic E-state index is 0.807. The average molecular weight is 241 g/mol. The van der Waals surface area contributed by atoms with Crippen molar-refractivity contribution in [1.82, 2.24) is 0 Å². The fraction of sp³-hybridized carbons (Fsp3) is 0.250. The lowest BCUT2D eigenvalue weighted by Gasteiger charge is -2.11. The van der Waals surface area contributed by atoms with E-state index < -0.39 is 0 Å². The molecule has 0 amide bonds. The van der Waals surface area contributed by atoms with Crippen molar-refractivity contribution >= 4 is 5.69 Å². The third-order valence-corrected chi connectivity index (χ3v) is 3.23. The largest absolute Gasteiger partial charge is 0.496 e. The van der Waals surface area contributed by atoms with Gasteiger partial charge in [0.2, 0.25) is 0 Å². The SMILES string of the molecule is COc1cc(C)c(Cc2ccc(N)cc2)cc1C. The number of rotatable bonds is 3. The van der Waals surface area contributed by atoms with E-state index in [9.17, 15) is 0 Å². The molecule has 0 spiro atoms. The number of hydrogen-bond acceptors (Lipinski definition) is 2. The highest BCUT2D eigenvalue weighted by atomic mass is 16.5. The maximum Gasteiger partial charge on any atom is 0.122 e. The first kappa shape index (κ1) is 12.5. The van der Waals surface area contributed by atoms with Gasteiger partial charge in [-0.2, -0.15) is 0 Å². The number of methoxy groups -OCH3 is 1. The van der Waals surface area contributed by atoms with Crippen LogP contribution in [0.1, 0.15) is 22.3 Å². The number of benzene rings is 2. The topological polar surface area (TPSA) is 35.2 Å². The smallest absolute Gasteiger partial charge is 0.122 e. The monoisotopic (exact) mass is 241 g/mol. The van der Waals surface area contributed by atoms with Gasteiger partial charge in [-0.15, -0.1) is 0 Å². The van der Waals surface area contributed by atoms with E-state index in [4.69, 9.17) is 10.5 Å². The normalized spacial score (nSPS) is 10.4. The van der Waals surface area contributed by atoms with E-state index in [-0.39, 0.29) is 0 Å². The summed E-state index contributed by atoms with van der Waals surface area (Å²) in [5, 5.41) is 0. The molecule has 18 heavy (non-hydrogen) atoms. The second-order valence-corrected chi connectivity index (χ2v) is 4.67. The van der Waals surface area contributed by atoms with Gasteiger partial charge in [0.25, 0.3) is 0 Å². The van der Waals surface area contributed by atoms with Crippen molar-refractivity contribution in [3.05, 3.63) is 58.7 Å². The van der Waals surface area contributed by atoms with Crippen LogP contribution in [0.4, 0.5) is 5.69 Å². The number of nitrogen functional groups attached to an aromatic ring is 1. The minimum Gasteiger partial charge on any atom is -0.496 e. The third-order valence-electron chi connectivity index (χ3n) is 3.23. The molecule has 0 saturated carbocycles. The summed E-state index contributed by atoms with van der Waals surface area (Å²) in [5.41, 5.74) is 11.5. The van der Waals surface area contributed by atoms with Crippen LogP contribution in [0.5, 0.6) is 5.75 Å². The molecule has 2 nitrogen and oxygen atoms in total. The molecule has 0 atom stereocenters. The Balaban J connectivity index is 2.29. The molecule has 2 aromatic rings. The molecule has 0 aliphatic rings. The van der Waals surface area contributed by atoms with Crippen LogP contribution in [0, 0.1) is 13.8 Å². The molecule has 2 heteroatoms. The van der Waals surface area contributed by atoms with Crippen molar-refractivity contribution in [2.24, 2.45) is 0 Å². The zero-order valence-electron chi connectivity index (χ0n) is 11.2. The van der Waals surface area contributed by atoms with Gasteiger partial charge in [-0.25, -0.2) is 0 Å². The predicted octanol–water partition coefficient (Wildman–Crippen LogP) is 3.49. The molecule has 94 valence electrons. The van der Waals surface area contributed by atoms with Gasteiger partial charge < -0.3 is 10.5 Å². The molecule has 2 rings (SSSR count). The zero-order valence-corrected chi connectivity index (χ0v) is 11.2. The fourth-order valence-corrected chi connectivity index (χ4v) is 2.12. The standard InChI is InChI=1S/C16H19NO/c1-11-9-16(18-3)12(2)8-14(11)10-13-4-6-15(17)7-5-13/h4-9H,10,17H2,1-3H3. The van der Waals surface area contributed by atoms with Crippen LogP contribution in [0.2, 0.25) is 0 Å². The van der Waals surface area contributed by atoms with Crippen LogP contribution < -0.4 is 10.5 Å². The summed E-state index contributed by atoms with van der Waals surface area (Å²) >= 11 is 0. The van der Waals surface area contributed by atoms with Crippen LogP contribution in [-0.4, -0.2) is 7.11 Å². The Kier molecular flexibility index (Phi) is 3.56. The maximum absolute atomic E-state index is 5.70. The summed E-state index contributed by atoms with van der Waals surface area (Å²) in [6.07, 6.45) is 0.928. The van der Waals surface area contributed by atoms with E-state index in [0.29, 0.717) is 0 Å². The number of nitrogens with two attached hydrogens (primary N) is 1. The Hall–Kier alpha value is -1.96. The molecule has 0 radical (unpaired) electrons. The van der Waals surface area contributed by atoms with Gasteiger partial charge in [-0.05, 0) is 60.7 Å². The van der Waals surface area contributed by atoms with Gasteiger partial charge >= 0.3 is 0 Å². The van der Waals surface area contributed by atoms with Gasteiger partial charge in [0.05, 0.1) is 7.11 Å². The van der Waals surface area contributed by atoms with Crippen molar-refractivity contribution in [3.63, 3.8) is 0 Å². The van der Waals surface area contributed by atoms with Gasteiger partial charge in [0.15, 0.2) is 0 Å². The van der Waals surface area contributed by atoms with Crippen LogP contribution in [0.15, 0.2) is 36.4 Å². The third kappa shape index (κ3) is 2.65. The van der Waals surface area contributed by atoms with Gasteiger partial charge in [0.1, 0.15) is 5.75 Å². The van der Waals surface area contributed by atoms with E-state index in [1.807, 2.05) is 12.1 Å². The summed E-state index contributed by atoms with van der Waals surface area (Å²) in [6, 6.07) is 12.3. The predicted molar refractivity (Wildman–Crippen MR) is 76.1 cm³/mol. The molecular weight excluding hydrogens is 222 g/mol. The van der Waals surface area contributed by atoms with E-state index in [2.05, 4.69) is 38.1 Å². The van der Waals surface area contributed by atoms with E-state index in [1.165, 1.54) is 22.3 Å². The van der Waals surface area contributed by atoms with Crippen molar-refractivity contribution in [2.75, 3.05) is 12.8 Å². The molecule has 0 aliphatic heterocycles. The summed E-state index contributed by atoms with van der Waals surface area (Å²) in [7, 11) is 1.71. The fourth-order valence-electron chi connectivity index (χ4n) is 2.12. The lowest BCUT2D eigenvalue weighted by atomic mass is 9.98. The average Bonchev–Trinajstić information content (AvgIpc) is 2.36. The summed E-state index contributed by atoms with van der Waals surface area (Å²) in [5.74, 6) is 0.952. The summed E-state index contributed by atoms with van der Waals surface area (Å²) in [4.78, 5) is 0. The first-order valence-corrected chi connectivity index (χ1v) is 6.08. The Bertz CT molecular complexity index is 544. The highest BCUT2D eigenvalue weighted by molar-refractivity contribution is 5.45. The summed E-state index contributed by atoms with van der Waals surface area (Å²) in [6.45, 7) is 4.19. The number of hydrogen-bond donors (Lipinski definition) is 1. The highest BCUT2D eigenvalue weighted by Gasteiger charge is 2.05. The second kappa shape index (κ2) is 5.13. The second-order valence-electron chi connectivity index (χ2n) is 4.67. The summed E-state index contributed by atoms with van der Waals surface area (Å²) < 4.78 is 5.33.